The van der Waals surface area contributed by atoms with Gasteiger partial charge in [-0.1, -0.05) is 6.42 Å². The Morgan fingerprint density at radius 1 is 1.38 bits per heavy atom. The van der Waals surface area contributed by atoms with Crippen molar-refractivity contribution in [2.24, 2.45) is 0 Å². The lowest BCUT2D eigenvalue weighted by atomic mass is 10.1. The minimum atomic E-state index is 0.682. The summed E-state index contributed by atoms with van der Waals surface area (Å²) in [6.07, 6.45) is 4.03. The molecule has 88 valence electrons. The Hall–Kier alpha value is -0.540. The molecule has 0 amide bonds. The van der Waals surface area contributed by atoms with Gasteiger partial charge in [-0.2, -0.15) is 0 Å². The van der Waals surface area contributed by atoms with E-state index in [4.69, 9.17) is 0 Å². The molecule has 1 N–H and O–H groups in total. The van der Waals surface area contributed by atoms with Crippen molar-refractivity contribution >= 4 is 11.8 Å². The molecular weight excluding hydrogens is 216 g/mol. The number of aromatic nitrogens is 1. The number of aryl methyl sites for hydroxylation is 2. The Kier molecular flexibility index (Phi) is 4.24. The van der Waals surface area contributed by atoms with Gasteiger partial charge in [0.1, 0.15) is 0 Å². The number of pyridine rings is 1. The fraction of sp³-hybridized carbons (Fsp3) is 0.615. The molecule has 1 aromatic rings. The molecule has 0 saturated carbocycles. The second-order valence-corrected chi connectivity index (χ2v) is 5.62. The van der Waals surface area contributed by atoms with Crippen LogP contribution in [0.5, 0.6) is 0 Å². The number of nitrogens with one attached hydrogen (secondary N) is 1. The first-order chi connectivity index (χ1) is 7.74. The Labute approximate surface area is 102 Å². The maximum Gasteiger partial charge on any atom is 0.0966 e. The molecule has 16 heavy (non-hydrogen) atoms. The van der Waals surface area contributed by atoms with Crippen molar-refractivity contribution in [2.75, 3.05) is 12.3 Å². The molecular formula is C13H20N2S. The predicted octanol–water partition coefficient (Wildman–Crippen LogP) is 2.93. The first-order valence-electron chi connectivity index (χ1n) is 6.05. The highest BCUT2D eigenvalue weighted by atomic mass is 32.2. The number of nitrogens with zero attached hydrogens (tertiary/aromatic N) is 1. The average molecular weight is 236 g/mol. The van der Waals surface area contributed by atoms with Gasteiger partial charge in [0.05, 0.1) is 5.03 Å². The molecule has 2 nitrogen and oxygen atoms in total. The molecule has 1 saturated heterocycles. The van der Waals surface area contributed by atoms with Crippen LogP contribution in [0.25, 0.3) is 0 Å². The van der Waals surface area contributed by atoms with Gasteiger partial charge in [0.15, 0.2) is 0 Å². The molecule has 0 radical (unpaired) electrons. The van der Waals surface area contributed by atoms with Crippen LogP contribution in [0.15, 0.2) is 17.2 Å². The van der Waals surface area contributed by atoms with Gasteiger partial charge in [-0.25, -0.2) is 4.98 Å². The molecule has 1 aromatic heterocycles. The van der Waals surface area contributed by atoms with Gasteiger partial charge in [-0.05, 0) is 50.9 Å². The SMILES string of the molecule is Cc1cc(C)nc(SCC2CCCCN2)c1. The van der Waals surface area contributed by atoms with Crippen molar-refractivity contribution in [1.29, 1.82) is 0 Å². The molecule has 2 heterocycles. The summed E-state index contributed by atoms with van der Waals surface area (Å²) >= 11 is 1.88. The molecule has 1 aliphatic heterocycles. The standard InChI is InChI=1S/C13H20N2S/c1-10-7-11(2)15-13(8-10)16-9-12-5-3-4-6-14-12/h7-8,12,14H,3-6,9H2,1-2H3. The van der Waals surface area contributed by atoms with Crippen LogP contribution in [-0.4, -0.2) is 23.3 Å². The maximum absolute atomic E-state index is 4.55. The topological polar surface area (TPSA) is 24.9 Å². The molecule has 2 rings (SSSR count). The summed E-state index contributed by atoms with van der Waals surface area (Å²) in [6, 6.07) is 4.99. The Balaban J connectivity index is 1.88. The van der Waals surface area contributed by atoms with Crippen LogP contribution in [0.3, 0.4) is 0 Å². The highest BCUT2D eigenvalue weighted by molar-refractivity contribution is 7.99. The monoisotopic (exact) mass is 236 g/mol. The largest absolute Gasteiger partial charge is 0.313 e. The summed E-state index contributed by atoms with van der Waals surface area (Å²) < 4.78 is 0. The Morgan fingerprint density at radius 3 is 2.94 bits per heavy atom. The van der Waals surface area contributed by atoms with Gasteiger partial charge >= 0.3 is 0 Å². The van der Waals surface area contributed by atoms with E-state index in [1.807, 2.05) is 11.8 Å². The summed E-state index contributed by atoms with van der Waals surface area (Å²) in [4.78, 5) is 4.55. The van der Waals surface area contributed by atoms with Gasteiger partial charge in [0, 0.05) is 17.5 Å². The highest BCUT2D eigenvalue weighted by Gasteiger charge is 2.12. The van der Waals surface area contributed by atoms with Gasteiger partial charge in [0.25, 0.3) is 0 Å². The lowest BCUT2D eigenvalue weighted by Crippen LogP contribution is -2.35. The molecule has 1 unspecified atom stereocenters. The number of rotatable bonds is 3. The van der Waals surface area contributed by atoms with Crippen molar-refractivity contribution in [3.05, 3.63) is 23.4 Å². The molecule has 1 atom stereocenters. The second-order valence-electron chi connectivity index (χ2n) is 4.58. The summed E-state index contributed by atoms with van der Waals surface area (Å²) in [5.41, 5.74) is 2.44. The first-order valence-corrected chi connectivity index (χ1v) is 7.04. The zero-order chi connectivity index (χ0) is 11.4. The van der Waals surface area contributed by atoms with E-state index in [-0.39, 0.29) is 0 Å². The van der Waals surface area contributed by atoms with Crippen LogP contribution in [-0.2, 0) is 0 Å². The average Bonchev–Trinajstić information content (AvgIpc) is 2.27. The van der Waals surface area contributed by atoms with Crippen LogP contribution in [0.1, 0.15) is 30.5 Å². The van der Waals surface area contributed by atoms with Crippen molar-refractivity contribution in [1.82, 2.24) is 10.3 Å². The van der Waals surface area contributed by atoms with E-state index in [9.17, 15) is 0 Å². The Bertz CT molecular complexity index is 326. The number of piperidine rings is 1. The van der Waals surface area contributed by atoms with Gasteiger partial charge in [0.2, 0.25) is 0 Å². The molecule has 3 heteroatoms. The molecule has 0 spiro atoms. The lowest BCUT2D eigenvalue weighted by molar-refractivity contribution is 0.430. The van der Waals surface area contributed by atoms with E-state index in [1.165, 1.54) is 36.4 Å². The van der Waals surface area contributed by atoms with Crippen molar-refractivity contribution < 1.29 is 0 Å². The number of hydrogen-bond donors (Lipinski definition) is 1. The zero-order valence-electron chi connectivity index (χ0n) is 10.1. The number of hydrogen-bond acceptors (Lipinski definition) is 3. The Morgan fingerprint density at radius 2 is 2.25 bits per heavy atom. The van der Waals surface area contributed by atoms with Crippen molar-refractivity contribution in [3.63, 3.8) is 0 Å². The second kappa shape index (κ2) is 5.69. The van der Waals surface area contributed by atoms with Crippen molar-refractivity contribution in [3.8, 4) is 0 Å². The smallest absolute Gasteiger partial charge is 0.0966 e. The fourth-order valence-corrected chi connectivity index (χ4v) is 3.26. The molecule has 1 fully saturated rings. The third-order valence-corrected chi connectivity index (χ3v) is 3.99. The van der Waals surface area contributed by atoms with E-state index in [0.29, 0.717) is 6.04 Å². The van der Waals surface area contributed by atoms with Crippen molar-refractivity contribution in [2.45, 2.75) is 44.2 Å². The van der Waals surface area contributed by atoms with Crippen LogP contribution in [0, 0.1) is 13.8 Å². The summed E-state index contributed by atoms with van der Waals surface area (Å²) in [5.74, 6) is 1.15. The summed E-state index contributed by atoms with van der Waals surface area (Å²) in [5, 5.41) is 4.74. The molecule has 1 aliphatic rings. The van der Waals surface area contributed by atoms with Crippen LogP contribution >= 0.6 is 11.8 Å². The van der Waals surface area contributed by atoms with Gasteiger partial charge in [-0.15, -0.1) is 11.8 Å². The summed E-state index contributed by atoms with van der Waals surface area (Å²) in [6.45, 7) is 5.39. The van der Waals surface area contributed by atoms with E-state index >= 15 is 0 Å². The fourth-order valence-electron chi connectivity index (χ4n) is 2.13. The highest BCUT2D eigenvalue weighted by Crippen LogP contribution is 2.21. The maximum atomic E-state index is 4.55. The van der Waals surface area contributed by atoms with E-state index in [0.717, 1.165) is 11.4 Å². The van der Waals surface area contributed by atoms with Gasteiger partial charge < -0.3 is 5.32 Å². The third-order valence-electron chi connectivity index (χ3n) is 2.92. The molecule has 0 aliphatic carbocycles. The van der Waals surface area contributed by atoms with E-state index in [1.54, 1.807) is 0 Å². The molecule has 0 bridgehead atoms. The van der Waals surface area contributed by atoms with E-state index in [2.05, 4.69) is 36.3 Å². The zero-order valence-corrected chi connectivity index (χ0v) is 10.9. The molecule has 0 aromatic carbocycles. The lowest BCUT2D eigenvalue weighted by Gasteiger charge is -2.22. The first kappa shape index (κ1) is 11.9. The third kappa shape index (κ3) is 3.49. The minimum absolute atomic E-state index is 0.682. The number of thioether (sulfide) groups is 1. The van der Waals surface area contributed by atoms with Crippen LogP contribution < -0.4 is 5.32 Å². The van der Waals surface area contributed by atoms with Gasteiger partial charge in [-0.3, -0.25) is 0 Å². The summed E-state index contributed by atoms with van der Waals surface area (Å²) in [7, 11) is 0. The predicted molar refractivity (Wildman–Crippen MR) is 70.1 cm³/mol. The van der Waals surface area contributed by atoms with Crippen LogP contribution in [0.4, 0.5) is 0 Å². The van der Waals surface area contributed by atoms with E-state index < -0.39 is 0 Å². The van der Waals surface area contributed by atoms with Crippen LogP contribution in [0.2, 0.25) is 0 Å². The minimum Gasteiger partial charge on any atom is -0.313 e. The normalized spacial score (nSPS) is 21.0. The quantitative estimate of drug-likeness (QED) is 0.817.